The van der Waals surface area contributed by atoms with Crippen molar-refractivity contribution in [1.29, 1.82) is 0 Å². The van der Waals surface area contributed by atoms with Crippen LogP contribution in [0.3, 0.4) is 0 Å². The minimum absolute atomic E-state index is 0.153. The number of hydrogen-bond acceptors (Lipinski definition) is 4. The molecule has 0 saturated heterocycles. The summed E-state index contributed by atoms with van der Waals surface area (Å²) < 4.78 is 97.0. The standard InChI is InChI=1S/C15H11BrF6NO5PS/c16-9-7-1-5(12(23)24)2-8(28-4-6-3-13(17,18)14(6,19)20)10(7)30-11(9)15(21,22)29(25,26)27/h1-2,6H,3-4H2,(H2,23,24)(H2,25,26,27). The minimum Gasteiger partial charge on any atom is -0.492 e. The summed E-state index contributed by atoms with van der Waals surface area (Å²) in [6.45, 7) is -0.917. The zero-order valence-electron chi connectivity index (χ0n) is 14.3. The molecular weight excluding hydrogens is 531 g/mol. The molecule has 0 radical (unpaired) electrons. The van der Waals surface area contributed by atoms with Gasteiger partial charge in [0.15, 0.2) is 0 Å². The fourth-order valence-electron chi connectivity index (χ4n) is 2.81. The largest absolute Gasteiger partial charge is 0.492 e. The summed E-state index contributed by atoms with van der Waals surface area (Å²) in [5.41, 5.74) is 0.266. The molecule has 0 bridgehead atoms. The van der Waals surface area contributed by atoms with Crippen molar-refractivity contribution in [2.45, 2.75) is 23.9 Å². The monoisotopic (exact) mass is 541 g/mol. The van der Waals surface area contributed by atoms with Crippen LogP contribution in [0, 0.1) is 5.92 Å². The Morgan fingerprint density at radius 1 is 1.33 bits per heavy atom. The third kappa shape index (κ3) is 3.52. The zero-order valence-corrected chi connectivity index (χ0v) is 17.6. The highest BCUT2D eigenvalue weighted by molar-refractivity contribution is 9.10. The molecule has 1 aromatic heterocycles. The third-order valence-electron chi connectivity index (χ3n) is 4.56. The summed E-state index contributed by atoms with van der Waals surface area (Å²) in [6, 6.07) is 1.98. The molecule has 1 aliphatic carbocycles. The molecule has 1 saturated carbocycles. The number of halogens is 7. The summed E-state index contributed by atoms with van der Waals surface area (Å²) in [5, 5.41) is -0.153. The number of primary amides is 1. The van der Waals surface area contributed by atoms with E-state index < -0.39 is 65.1 Å². The first-order chi connectivity index (χ1) is 13.5. The van der Waals surface area contributed by atoms with Crippen LogP contribution in [0.15, 0.2) is 16.6 Å². The van der Waals surface area contributed by atoms with Gasteiger partial charge in [0.05, 0.1) is 17.2 Å². The maximum atomic E-state index is 14.2. The van der Waals surface area contributed by atoms with E-state index in [1.165, 1.54) is 0 Å². The van der Waals surface area contributed by atoms with Gasteiger partial charge in [0, 0.05) is 21.8 Å². The van der Waals surface area contributed by atoms with Crippen LogP contribution >= 0.6 is 34.9 Å². The fourth-order valence-corrected chi connectivity index (χ4v) is 5.78. The molecule has 1 aliphatic rings. The number of rotatable bonds is 6. The Kier molecular flexibility index (Phi) is 5.51. The highest BCUT2D eigenvalue weighted by Crippen LogP contribution is 2.63. The first-order valence-electron chi connectivity index (χ1n) is 7.89. The second-order valence-corrected chi connectivity index (χ2v) is 10.0. The second-order valence-electron chi connectivity index (χ2n) is 6.59. The summed E-state index contributed by atoms with van der Waals surface area (Å²) in [6.07, 6.45) is -1.16. The molecule has 1 aromatic carbocycles. The van der Waals surface area contributed by atoms with Crippen LogP contribution in [-0.4, -0.2) is 34.1 Å². The van der Waals surface area contributed by atoms with Gasteiger partial charge in [-0.15, -0.1) is 11.3 Å². The van der Waals surface area contributed by atoms with Gasteiger partial charge in [0.1, 0.15) is 10.6 Å². The first kappa shape index (κ1) is 23.3. The van der Waals surface area contributed by atoms with Crippen molar-refractivity contribution < 1.29 is 50.2 Å². The number of alkyl halides is 6. The first-order valence-corrected chi connectivity index (χ1v) is 11.1. The summed E-state index contributed by atoms with van der Waals surface area (Å²) >= 11 is 2.98. The van der Waals surface area contributed by atoms with Gasteiger partial charge in [0.2, 0.25) is 5.91 Å². The van der Waals surface area contributed by atoms with Crippen molar-refractivity contribution in [2.75, 3.05) is 6.61 Å². The number of fused-ring (bicyclic) bond motifs is 1. The topological polar surface area (TPSA) is 110 Å². The van der Waals surface area contributed by atoms with E-state index in [1.807, 2.05) is 0 Å². The van der Waals surface area contributed by atoms with Crippen LogP contribution in [0.2, 0.25) is 0 Å². The number of nitrogens with two attached hydrogens (primary N) is 1. The summed E-state index contributed by atoms with van der Waals surface area (Å²) in [5.74, 6) is -11.8. The van der Waals surface area contributed by atoms with Gasteiger partial charge in [-0.2, -0.15) is 26.3 Å². The highest BCUT2D eigenvalue weighted by atomic mass is 79.9. The Morgan fingerprint density at radius 2 is 1.93 bits per heavy atom. The Morgan fingerprint density at radius 3 is 2.40 bits per heavy atom. The van der Waals surface area contributed by atoms with Crippen molar-refractivity contribution >= 4 is 50.9 Å². The van der Waals surface area contributed by atoms with Gasteiger partial charge < -0.3 is 20.3 Å². The molecule has 0 aliphatic heterocycles. The van der Waals surface area contributed by atoms with Crippen LogP contribution in [0.25, 0.3) is 10.1 Å². The molecule has 1 fully saturated rings. The molecule has 1 amide bonds. The Labute approximate surface area is 176 Å². The SMILES string of the molecule is NC(=O)c1cc(OCC2CC(F)(F)C2(F)F)c2sc(C(F)(F)P(=O)(O)O)c(Br)c2c1. The predicted octanol–water partition coefficient (Wildman–Crippen LogP) is 4.66. The molecule has 1 atom stereocenters. The molecule has 0 spiro atoms. The van der Waals surface area contributed by atoms with Crippen LogP contribution in [0.4, 0.5) is 26.3 Å². The molecule has 6 nitrogen and oxygen atoms in total. The number of ether oxygens (including phenoxy) is 1. The average Bonchev–Trinajstić information content (AvgIpc) is 2.94. The third-order valence-corrected chi connectivity index (χ3v) is 8.04. The van der Waals surface area contributed by atoms with Crippen LogP contribution in [-0.2, 0) is 10.2 Å². The summed E-state index contributed by atoms with van der Waals surface area (Å²) in [4.78, 5) is 28.4. The Hall–Kier alpha value is -1.34. The summed E-state index contributed by atoms with van der Waals surface area (Å²) in [7, 11) is -5.95. The molecule has 2 aromatic rings. The predicted molar refractivity (Wildman–Crippen MR) is 97.5 cm³/mol. The Bertz CT molecular complexity index is 1090. The average molecular weight is 542 g/mol. The van der Waals surface area contributed by atoms with Crippen molar-refractivity contribution in [2.24, 2.45) is 11.7 Å². The molecule has 3 rings (SSSR count). The van der Waals surface area contributed by atoms with Gasteiger partial charge in [-0.3, -0.25) is 9.36 Å². The van der Waals surface area contributed by atoms with E-state index in [-0.39, 0.29) is 27.0 Å². The fraction of sp³-hybridized carbons (Fsp3) is 0.400. The van der Waals surface area contributed by atoms with Crippen molar-refractivity contribution in [1.82, 2.24) is 0 Å². The molecular formula is C15H11BrF6NO5PS. The second kappa shape index (κ2) is 7.09. The van der Waals surface area contributed by atoms with E-state index in [9.17, 15) is 35.7 Å². The van der Waals surface area contributed by atoms with Crippen LogP contribution in [0.5, 0.6) is 5.75 Å². The maximum absolute atomic E-state index is 14.2. The van der Waals surface area contributed by atoms with Crippen LogP contribution in [0.1, 0.15) is 21.7 Å². The van der Waals surface area contributed by atoms with E-state index in [0.717, 1.165) is 12.1 Å². The number of carbonyl (C=O) groups is 1. The van der Waals surface area contributed by atoms with E-state index in [0.29, 0.717) is 0 Å². The lowest BCUT2D eigenvalue weighted by atomic mass is 9.77. The number of carbonyl (C=O) groups excluding carboxylic acids is 1. The van der Waals surface area contributed by atoms with Crippen molar-refractivity contribution in [3.05, 3.63) is 27.0 Å². The smallest absolute Gasteiger partial charge is 0.400 e. The van der Waals surface area contributed by atoms with Gasteiger partial charge >= 0.3 is 25.1 Å². The normalized spacial score (nSPS) is 20.8. The maximum Gasteiger partial charge on any atom is 0.400 e. The molecule has 4 N–H and O–H groups in total. The van der Waals surface area contributed by atoms with Crippen molar-refractivity contribution in [3.63, 3.8) is 0 Å². The quantitative estimate of drug-likeness (QED) is 0.364. The minimum atomic E-state index is -5.95. The van der Waals surface area contributed by atoms with Crippen LogP contribution < -0.4 is 10.5 Å². The van der Waals surface area contributed by atoms with E-state index in [4.69, 9.17) is 20.3 Å². The molecule has 166 valence electrons. The zero-order chi connectivity index (χ0) is 22.9. The van der Waals surface area contributed by atoms with E-state index in [1.54, 1.807) is 0 Å². The Balaban J connectivity index is 2.07. The van der Waals surface area contributed by atoms with Gasteiger partial charge in [-0.05, 0) is 28.1 Å². The number of benzene rings is 1. The van der Waals surface area contributed by atoms with Crippen molar-refractivity contribution in [3.8, 4) is 5.75 Å². The van der Waals surface area contributed by atoms with Gasteiger partial charge in [-0.25, -0.2) is 0 Å². The molecule has 1 heterocycles. The number of hydrogen-bond donors (Lipinski definition) is 3. The lowest BCUT2D eigenvalue weighted by Crippen LogP contribution is -2.60. The highest BCUT2D eigenvalue weighted by Gasteiger charge is 2.71. The molecule has 1 unspecified atom stereocenters. The molecule has 30 heavy (non-hydrogen) atoms. The van der Waals surface area contributed by atoms with E-state index in [2.05, 4.69) is 15.9 Å². The number of amides is 1. The lowest BCUT2D eigenvalue weighted by Gasteiger charge is -2.43. The molecule has 15 heteroatoms. The number of thiophene rings is 1. The van der Waals surface area contributed by atoms with E-state index >= 15 is 0 Å². The lowest BCUT2D eigenvalue weighted by molar-refractivity contribution is -0.317. The van der Waals surface area contributed by atoms with Gasteiger partial charge in [-0.1, -0.05) is 0 Å². The van der Waals surface area contributed by atoms with Gasteiger partial charge in [0.25, 0.3) is 0 Å².